The summed E-state index contributed by atoms with van der Waals surface area (Å²) in [7, 11) is 1.70. The van der Waals surface area contributed by atoms with Gasteiger partial charge < -0.3 is 20.4 Å². The fourth-order valence-electron chi connectivity index (χ4n) is 2.96. The van der Waals surface area contributed by atoms with Crippen molar-refractivity contribution < 1.29 is 4.74 Å². The van der Waals surface area contributed by atoms with Crippen molar-refractivity contribution in [3.8, 4) is 5.75 Å². The summed E-state index contributed by atoms with van der Waals surface area (Å²) in [6.07, 6.45) is 1.65. The topological polar surface area (TPSA) is 74.3 Å². The van der Waals surface area contributed by atoms with Crippen LogP contribution in [0.15, 0.2) is 53.5 Å². The first kappa shape index (κ1) is 22.0. The summed E-state index contributed by atoms with van der Waals surface area (Å²) in [6.45, 7) is 4.35. The monoisotopic (exact) mass is 493 g/mol. The SMILES string of the molecule is CCNC(=NCCc1nc2ccccc2[nH]1)NCCc1ccccc1OC.I. The second-order valence-corrected chi connectivity index (χ2v) is 6.20. The standard InChI is InChI=1S/C21H27N5O.HI/c1-3-22-21(23-14-12-16-8-4-7-11-19(16)27-2)24-15-13-20-25-17-9-5-6-10-18(17)26-20;/h4-11H,3,12-15H2,1-2H3,(H,25,26)(H2,22,23,24);1H. The first-order valence-electron chi connectivity index (χ1n) is 9.38. The number of nitrogens with zero attached hydrogens (tertiary/aromatic N) is 2. The number of imidazole rings is 1. The van der Waals surface area contributed by atoms with Crippen LogP contribution in [0, 0.1) is 0 Å². The molecule has 0 unspecified atom stereocenters. The van der Waals surface area contributed by atoms with Crippen molar-refractivity contribution in [2.24, 2.45) is 4.99 Å². The molecule has 3 N–H and O–H groups in total. The van der Waals surface area contributed by atoms with Crippen LogP contribution < -0.4 is 15.4 Å². The van der Waals surface area contributed by atoms with Gasteiger partial charge in [0, 0.05) is 26.1 Å². The zero-order chi connectivity index (χ0) is 18.9. The molecule has 3 rings (SSSR count). The van der Waals surface area contributed by atoms with Crippen molar-refractivity contribution in [3.63, 3.8) is 0 Å². The normalized spacial score (nSPS) is 11.1. The van der Waals surface area contributed by atoms with Gasteiger partial charge in [0.15, 0.2) is 5.96 Å². The highest BCUT2D eigenvalue weighted by atomic mass is 127. The summed E-state index contributed by atoms with van der Waals surface area (Å²) in [5.41, 5.74) is 3.25. The largest absolute Gasteiger partial charge is 0.496 e. The third-order valence-corrected chi connectivity index (χ3v) is 4.28. The second-order valence-electron chi connectivity index (χ2n) is 6.20. The first-order chi connectivity index (χ1) is 13.3. The molecule has 6 nitrogen and oxygen atoms in total. The zero-order valence-corrected chi connectivity index (χ0v) is 18.7. The molecule has 0 bridgehead atoms. The fourth-order valence-corrected chi connectivity index (χ4v) is 2.96. The number of fused-ring (bicyclic) bond motifs is 1. The number of methoxy groups -OCH3 is 1. The number of aliphatic imine (C=N–C) groups is 1. The number of rotatable bonds is 8. The lowest BCUT2D eigenvalue weighted by Crippen LogP contribution is -2.38. The molecular weight excluding hydrogens is 465 g/mol. The Morgan fingerprint density at radius 1 is 1.07 bits per heavy atom. The van der Waals surface area contributed by atoms with Gasteiger partial charge in [-0.3, -0.25) is 4.99 Å². The van der Waals surface area contributed by atoms with E-state index >= 15 is 0 Å². The Balaban J connectivity index is 0.00000280. The van der Waals surface area contributed by atoms with Gasteiger partial charge in [0.2, 0.25) is 0 Å². The van der Waals surface area contributed by atoms with Crippen LogP contribution in [0.5, 0.6) is 5.75 Å². The van der Waals surface area contributed by atoms with E-state index < -0.39 is 0 Å². The summed E-state index contributed by atoms with van der Waals surface area (Å²) in [6, 6.07) is 16.2. The molecule has 0 aliphatic carbocycles. The van der Waals surface area contributed by atoms with Gasteiger partial charge in [0.1, 0.15) is 11.6 Å². The molecule has 0 aliphatic rings. The molecule has 7 heteroatoms. The van der Waals surface area contributed by atoms with Crippen molar-refractivity contribution in [1.29, 1.82) is 0 Å². The van der Waals surface area contributed by atoms with Gasteiger partial charge in [-0.2, -0.15) is 0 Å². The number of nitrogens with one attached hydrogen (secondary N) is 3. The fraction of sp³-hybridized carbons (Fsp3) is 0.333. The van der Waals surface area contributed by atoms with Crippen LogP contribution in [0.1, 0.15) is 18.3 Å². The average molecular weight is 493 g/mol. The molecule has 0 radical (unpaired) electrons. The number of aromatic nitrogens is 2. The number of hydrogen-bond donors (Lipinski definition) is 3. The highest BCUT2D eigenvalue weighted by Crippen LogP contribution is 2.17. The van der Waals surface area contributed by atoms with Crippen molar-refractivity contribution in [2.45, 2.75) is 19.8 Å². The Kier molecular flexibility index (Phi) is 9.06. The summed E-state index contributed by atoms with van der Waals surface area (Å²) >= 11 is 0. The lowest BCUT2D eigenvalue weighted by atomic mass is 10.1. The molecule has 2 aromatic carbocycles. The van der Waals surface area contributed by atoms with E-state index in [9.17, 15) is 0 Å². The summed E-state index contributed by atoms with van der Waals surface area (Å²) in [5, 5.41) is 6.67. The van der Waals surface area contributed by atoms with Crippen molar-refractivity contribution >= 4 is 41.0 Å². The molecule has 0 saturated heterocycles. The van der Waals surface area contributed by atoms with E-state index in [1.54, 1.807) is 7.11 Å². The molecule has 0 amide bonds. The second kappa shape index (κ2) is 11.5. The number of H-pyrrole nitrogens is 1. The van der Waals surface area contributed by atoms with Crippen LogP contribution in [0.25, 0.3) is 11.0 Å². The van der Waals surface area contributed by atoms with Crippen LogP contribution in [0.4, 0.5) is 0 Å². The van der Waals surface area contributed by atoms with Gasteiger partial charge in [-0.15, -0.1) is 24.0 Å². The first-order valence-corrected chi connectivity index (χ1v) is 9.38. The van der Waals surface area contributed by atoms with E-state index in [1.807, 2.05) is 42.5 Å². The molecule has 3 aromatic rings. The van der Waals surface area contributed by atoms with Crippen LogP contribution in [-0.2, 0) is 12.8 Å². The third-order valence-electron chi connectivity index (χ3n) is 4.28. The molecule has 1 heterocycles. The summed E-state index contributed by atoms with van der Waals surface area (Å²) in [4.78, 5) is 12.6. The van der Waals surface area contributed by atoms with Gasteiger partial charge in [-0.05, 0) is 37.1 Å². The highest BCUT2D eigenvalue weighted by Gasteiger charge is 2.04. The van der Waals surface area contributed by atoms with E-state index in [1.165, 1.54) is 5.56 Å². The van der Waals surface area contributed by atoms with Crippen molar-refractivity contribution in [3.05, 3.63) is 59.9 Å². The molecule has 1 aromatic heterocycles. The molecule has 28 heavy (non-hydrogen) atoms. The number of aromatic amines is 1. The van der Waals surface area contributed by atoms with Crippen molar-refractivity contribution in [1.82, 2.24) is 20.6 Å². The maximum absolute atomic E-state index is 5.41. The molecule has 0 spiro atoms. The molecule has 0 atom stereocenters. The van der Waals surface area contributed by atoms with Gasteiger partial charge in [0.05, 0.1) is 18.1 Å². The number of ether oxygens (including phenoxy) is 1. The third kappa shape index (κ3) is 6.12. The van der Waals surface area contributed by atoms with Crippen LogP contribution in [-0.4, -0.2) is 42.7 Å². The minimum absolute atomic E-state index is 0. The molecular formula is C21H28IN5O. The minimum atomic E-state index is 0. The van der Waals surface area contributed by atoms with Crippen LogP contribution in [0.2, 0.25) is 0 Å². The Hall–Kier alpha value is -2.29. The molecule has 0 saturated carbocycles. The van der Waals surface area contributed by atoms with Crippen molar-refractivity contribution in [2.75, 3.05) is 26.7 Å². The Morgan fingerprint density at radius 2 is 1.86 bits per heavy atom. The van der Waals surface area contributed by atoms with E-state index in [4.69, 9.17) is 4.74 Å². The maximum Gasteiger partial charge on any atom is 0.191 e. The Labute approximate surface area is 183 Å². The van der Waals surface area contributed by atoms with Crippen LogP contribution in [0.3, 0.4) is 0 Å². The quantitative estimate of drug-likeness (QED) is 0.255. The van der Waals surface area contributed by atoms with E-state index in [2.05, 4.69) is 38.6 Å². The lowest BCUT2D eigenvalue weighted by Gasteiger charge is -2.12. The Bertz CT molecular complexity index is 860. The van der Waals surface area contributed by atoms with E-state index in [-0.39, 0.29) is 24.0 Å². The number of halogens is 1. The maximum atomic E-state index is 5.41. The summed E-state index contributed by atoms with van der Waals surface area (Å²) < 4.78 is 5.41. The minimum Gasteiger partial charge on any atom is -0.496 e. The number of benzene rings is 2. The number of para-hydroxylation sites is 3. The summed E-state index contributed by atoms with van der Waals surface area (Å²) in [5.74, 6) is 2.71. The zero-order valence-electron chi connectivity index (χ0n) is 16.4. The average Bonchev–Trinajstić information content (AvgIpc) is 3.11. The number of guanidine groups is 1. The molecule has 0 aliphatic heterocycles. The predicted molar refractivity (Wildman–Crippen MR) is 126 cm³/mol. The number of hydrogen-bond acceptors (Lipinski definition) is 3. The van der Waals surface area contributed by atoms with Gasteiger partial charge in [-0.1, -0.05) is 30.3 Å². The van der Waals surface area contributed by atoms with Gasteiger partial charge in [-0.25, -0.2) is 4.98 Å². The Morgan fingerprint density at radius 3 is 2.64 bits per heavy atom. The molecule has 0 fully saturated rings. The van der Waals surface area contributed by atoms with E-state index in [0.29, 0.717) is 6.54 Å². The predicted octanol–water partition coefficient (Wildman–Crippen LogP) is 3.53. The van der Waals surface area contributed by atoms with Gasteiger partial charge in [0.25, 0.3) is 0 Å². The van der Waals surface area contributed by atoms with Gasteiger partial charge >= 0.3 is 0 Å². The smallest absolute Gasteiger partial charge is 0.191 e. The van der Waals surface area contributed by atoms with Crippen LogP contribution >= 0.6 is 24.0 Å². The molecule has 150 valence electrons. The van der Waals surface area contributed by atoms with E-state index in [0.717, 1.165) is 54.5 Å². The lowest BCUT2D eigenvalue weighted by molar-refractivity contribution is 0.409. The highest BCUT2D eigenvalue weighted by molar-refractivity contribution is 14.0.